The summed E-state index contributed by atoms with van der Waals surface area (Å²) in [4.78, 5) is 10.6. The maximum Gasteiger partial charge on any atom is 0.137 e. The van der Waals surface area contributed by atoms with E-state index in [1.54, 1.807) is 0 Å². The predicted octanol–water partition coefficient (Wildman–Crippen LogP) is 20.7. The van der Waals surface area contributed by atoms with Crippen molar-refractivity contribution in [2.24, 2.45) is 0 Å². The fraction of sp³-hybridized carbons (Fsp3) is 0. The topological polar surface area (TPSA) is 55.4 Å². The van der Waals surface area contributed by atoms with Crippen LogP contribution < -0.4 is 0 Å². The van der Waals surface area contributed by atoms with Gasteiger partial charge in [0.1, 0.15) is 11.6 Å². The van der Waals surface area contributed by atoms with E-state index in [-0.39, 0.29) is 0 Å². The SMILES string of the molecule is c1ccc2c(c1)c1ccccc1n2-c1ccc2c(c1)c1cc(-n3c4ccccc4c4ccccc43)ccc1n2-c1ccc(-c2ccc(-n3c4ccc(-n5c6ccccc6c6ccccc65)cc4c4cc(-n5c6ccccc6c6ccccc65)ccc43)nc2)cn1. The van der Waals surface area contributed by atoms with Crippen molar-refractivity contribution in [1.29, 1.82) is 0 Å². The number of para-hydroxylation sites is 8. The third kappa shape index (κ3) is 6.89. The van der Waals surface area contributed by atoms with Gasteiger partial charge in [-0.05, 0) is 146 Å². The van der Waals surface area contributed by atoms with E-state index in [2.05, 4.69) is 319 Å². The zero-order valence-electron chi connectivity index (χ0n) is 48.4. The maximum atomic E-state index is 5.31. The number of nitrogens with zero attached hydrogens (tertiary/aromatic N) is 8. The first-order chi connectivity index (χ1) is 44.7. The predicted molar refractivity (Wildman–Crippen MR) is 374 cm³/mol. The Morgan fingerprint density at radius 2 is 0.367 bits per heavy atom. The van der Waals surface area contributed by atoms with Crippen LogP contribution in [0.2, 0.25) is 0 Å². The summed E-state index contributed by atoms with van der Waals surface area (Å²) in [6.07, 6.45) is 3.99. The van der Waals surface area contributed by atoms with Gasteiger partial charge in [0.2, 0.25) is 0 Å². The molecule has 0 amide bonds. The van der Waals surface area contributed by atoms with Gasteiger partial charge in [0.05, 0.1) is 66.2 Å². The molecule has 0 fully saturated rings. The molecule has 12 aromatic carbocycles. The van der Waals surface area contributed by atoms with Crippen LogP contribution in [0.4, 0.5) is 0 Å². The first-order valence-electron chi connectivity index (χ1n) is 30.7. The second kappa shape index (κ2) is 18.6. The van der Waals surface area contributed by atoms with Gasteiger partial charge in [0.15, 0.2) is 0 Å². The fourth-order valence-corrected chi connectivity index (χ4v) is 15.2. The molecule has 20 rings (SSSR count). The van der Waals surface area contributed by atoms with Gasteiger partial charge >= 0.3 is 0 Å². The van der Waals surface area contributed by atoms with Gasteiger partial charge in [-0.2, -0.15) is 0 Å². The van der Waals surface area contributed by atoms with Gasteiger partial charge < -0.3 is 18.3 Å². The minimum Gasteiger partial charge on any atom is -0.309 e. The molecule has 0 aliphatic heterocycles. The van der Waals surface area contributed by atoms with Crippen LogP contribution >= 0.6 is 0 Å². The minimum atomic E-state index is 0.836. The number of benzene rings is 12. The lowest BCUT2D eigenvalue weighted by molar-refractivity contribution is 1.07. The zero-order valence-corrected chi connectivity index (χ0v) is 48.4. The molecule has 90 heavy (non-hydrogen) atoms. The molecule has 0 atom stereocenters. The van der Waals surface area contributed by atoms with Gasteiger partial charge in [-0.1, -0.05) is 146 Å². The molecule has 8 heteroatoms. The Kier molecular flexibility index (Phi) is 10.1. The molecular weight excluding hydrogens is 1100 g/mol. The lowest BCUT2D eigenvalue weighted by Crippen LogP contribution is -1.99. The van der Waals surface area contributed by atoms with Crippen molar-refractivity contribution in [3.8, 4) is 45.5 Å². The lowest BCUT2D eigenvalue weighted by atomic mass is 10.1. The van der Waals surface area contributed by atoms with Crippen molar-refractivity contribution in [3.63, 3.8) is 0 Å². The van der Waals surface area contributed by atoms with E-state index in [0.717, 1.165) is 89.1 Å². The Balaban J connectivity index is 0.722. The Labute approximate surface area is 514 Å². The largest absolute Gasteiger partial charge is 0.309 e. The van der Waals surface area contributed by atoms with Crippen molar-refractivity contribution in [1.82, 2.24) is 37.4 Å². The van der Waals surface area contributed by atoms with E-state index in [9.17, 15) is 0 Å². The molecule has 0 aliphatic rings. The molecule has 0 spiro atoms. The number of aromatic nitrogens is 8. The summed E-state index contributed by atoms with van der Waals surface area (Å²) in [7, 11) is 0. The highest BCUT2D eigenvalue weighted by molar-refractivity contribution is 6.16. The Hall–Kier alpha value is -12.3. The average Bonchev–Trinajstić information content (AvgIpc) is 1.68. The lowest BCUT2D eigenvalue weighted by Gasteiger charge is -2.12. The van der Waals surface area contributed by atoms with E-state index >= 15 is 0 Å². The summed E-state index contributed by atoms with van der Waals surface area (Å²) in [6, 6.07) is 106. The van der Waals surface area contributed by atoms with Crippen molar-refractivity contribution in [2.75, 3.05) is 0 Å². The second-order valence-corrected chi connectivity index (χ2v) is 23.8. The van der Waals surface area contributed by atoms with Crippen LogP contribution in [0.25, 0.3) is 176 Å². The molecular formula is C82H50N8. The van der Waals surface area contributed by atoms with Crippen LogP contribution in [0.15, 0.2) is 304 Å². The van der Waals surface area contributed by atoms with Crippen LogP contribution in [0.3, 0.4) is 0 Å². The smallest absolute Gasteiger partial charge is 0.137 e. The monoisotopic (exact) mass is 1150 g/mol. The van der Waals surface area contributed by atoms with Gasteiger partial charge in [0, 0.05) is 111 Å². The molecule has 0 saturated heterocycles. The summed E-state index contributed by atoms with van der Waals surface area (Å²) in [5.41, 5.74) is 20.1. The van der Waals surface area contributed by atoms with Crippen molar-refractivity contribution >= 4 is 131 Å². The summed E-state index contributed by atoms with van der Waals surface area (Å²) in [5, 5.41) is 14.5. The Morgan fingerprint density at radius 1 is 0.167 bits per heavy atom. The number of fused-ring (bicyclic) bond motifs is 18. The molecule has 0 radical (unpaired) electrons. The number of hydrogen-bond acceptors (Lipinski definition) is 2. The van der Waals surface area contributed by atoms with E-state index in [0.29, 0.717) is 0 Å². The van der Waals surface area contributed by atoms with Crippen LogP contribution in [0, 0.1) is 0 Å². The summed E-state index contributed by atoms with van der Waals surface area (Å²) < 4.78 is 14.3. The average molecular weight is 1150 g/mol. The molecule has 0 aliphatic carbocycles. The minimum absolute atomic E-state index is 0.836. The van der Waals surface area contributed by atoms with E-state index in [1.807, 2.05) is 12.4 Å². The van der Waals surface area contributed by atoms with E-state index < -0.39 is 0 Å². The van der Waals surface area contributed by atoms with Gasteiger partial charge in [-0.25, -0.2) is 9.97 Å². The Bertz CT molecular complexity index is 5450. The van der Waals surface area contributed by atoms with E-state index in [4.69, 9.17) is 9.97 Å². The van der Waals surface area contributed by atoms with Crippen molar-refractivity contribution < 1.29 is 0 Å². The molecule has 8 heterocycles. The molecule has 0 saturated carbocycles. The van der Waals surface area contributed by atoms with Crippen molar-refractivity contribution in [2.45, 2.75) is 0 Å². The third-order valence-corrected chi connectivity index (χ3v) is 19.1. The first-order valence-corrected chi connectivity index (χ1v) is 30.7. The molecule has 418 valence electrons. The number of pyridine rings is 2. The van der Waals surface area contributed by atoms with Crippen LogP contribution in [-0.4, -0.2) is 37.4 Å². The highest BCUT2D eigenvalue weighted by atomic mass is 15.1. The molecule has 0 unspecified atom stereocenters. The normalized spacial score (nSPS) is 12.2. The quantitative estimate of drug-likeness (QED) is 0.160. The van der Waals surface area contributed by atoms with Gasteiger partial charge in [0.25, 0.3) is 0 Å². The van der Waals surface area contributed by atoms with Crippen LogP contribution in [-0.2, 0) is 0 Å². The molecule has 0 bridgehead atoms. The highest BCUT2D eigenvalue weighted by Gasteiger charge is 2.23. The number of hydrogen-bond donors (Lipinski definition) is 0. The van der Waals surface area contributed by atoms with Crippen LogP contribution in [0.1, 0.15) is 0 Å². The maximum absolute atomic E-state index is 5.31. The molecule has 8 aromatic heterocycles. The van der Waals surface area contributed by atoms with E-state index in [1.165, 1.54) is 87.2 Å². The van der Waals surface area contributed by atoms with Gasteiger partial charge in [-0.15, -0.1) is 0 Å². The molecule has 0 N–H and O–H groups in total. The first kappa shape index (κ1) is 48.9. The second-order valence-electron chi connectivity index (χ2n) is 23.8. The van der Waals surface area contributed by atoms with Crippen LogP contribution in [0.5, 0.6) is 0 Å². The summed E-state index contributed by atoms with van der Waals surface area (Å²) in [6.45, 7) is 0. The molecule has 8 nitrogen and oxygen atoms in total. The summed E-state index contributed by atoms with van der Waals surface area (Å²) >= 11 is 0. The zero-order chi connectivity index (χ0) is 58.7. The number of rotatable bonds is 7. The third-order valence-electron chi connectivity index (χ3n) is 19.1. The van der Waals surface area contributed by atoms with Gasteiger partial charge in [-0.3, -0.25) is 9.13 Å². The molecule has 20 aromatic rings. The Morgan fingerprint density at radius 3 is 0.567 bits per heavy atom. The summed E-state index contributed by atoms with van der Waals surface area (Å²) in [5.74, 6) is 1.67. The van der Waals surface area contributed by atoms with Crippen molar-refractivity contribution in [3.05, 3.63) is 304 Å². The fourth-order valence-electron chi connectivity index (χ4n) is 15.2. The standard InChI is InChI=1S/C82H50N8/c1-9-25-69-57(17-1)58-18-2-10-26-70(58)85(69)53-35-39-77-65(45-53)66-46-54(86-71-27-11-3-19-59(71)60-20-4-12-28-72(60)86)36-40-78(66)89(77)81-43-33-51(49-83-81)52-34-44-82(84-50-52)90-79-41-37-55(87-73-29-13-5-21-61(73)62-22-6-14-30-74(62)87)47-67(79)68-48-56(38-42-80(68)90)88-75-31-15-7-23-63(75)64-24-8-16-32-76(64)88/h1-50H. The highest BCUT2D eigenvalue weighted by Crippen LogP contribution is 2.43.